The van der Waals surface area contributed by atoms with Gasteiger partial charge in [-0.05, 0) is 45.6 Å². The lowest BCUT2D eigenvalue weighted by molar-refractivity contribution is 0.904. The number of hydrogen-bond acceptors (Lipinski definition) is 3. The van der Waals surface area contributed by atoms with Crippen molar-refractivity contribution in [3.63, 3.8) is 0 Å². The average Bonchev–Trinajstić information content (AvgIpc) is 2.67. The second kappa shape index (κ2) is 6.61. The van der Waals surface area contributed by atoms with Crippen molar-refractivity contribution in [1.82, 2.24) is 15.0 Å². The highest BCUT2D eigenvalue weighted by molar-refractivity contribution is 6.28. The van der Waals surface area contributed by atoms with Crippen LogP contribution in [0.2, 0.25) is 5.28 Å². The highest BCUT2D eigenvalue weighted by Crippen LogP contribution is 2.27. The highest BCUT2D eigenvalue weighted by atomic mass is 35.5. The van der Waals surface area contributed by atoms with Gasteiger partial charge in [-0.3, -0.25) is 0 Å². The van der Waals surface area contributed by atoms with Crippen molar-refractivity contribution >= 4 is 22.4 Å². The molecule has 3 aromatic carbocycles. The lowest BCUT2D eigenvalue weighted by Gasteiger charge is -2.07. The first-order valence-electron chi connectivity index (χ1n) is 8.23. The maximum Gasteiger partial charge on any atom is 0.226 e. The standard InChI is InChI=1S/C21H16ClN3/c1-2-19-23-20(25-21(22)24-19)18-11-10-16-12-15(8-9-17(16)13-18)14-6-4-3-5-7-14/h3-13H,2H2,1H3. The maximum absolute atomic E-state index is 6.02. The molecule has 4 heteroatoms. The van der Waals surface area contributed by atoms with Gasteiger partial charge in [0.05, 0.1) is 0 Å². The van der Waals surface area contributed by atoms with Crippen molar-refractivity contribution in [2.45, 2.75) is 13.3 Å². The van der Waals surface area contributed by atoms with Crippen LogP contribution in [-0.2, 0) is 6.42 Å². The lowest BCUT2D eigenvalue weighted by atomic mass is 10.00. The first kappa shape index (κ1) is 15.7. The summed E-state index contributed by atoms with van der Waals surface area (Å²) in [6, 6.07) is 23.1. The summed E-state index contributed by atoms with van der Waals surface area (Å²) in [5.74, 6) is 1.32. The smallest absolute Gasteiger partial charge is 0.213 e. The van der Waals surface area contributed by atoms with Gasteiger partial charge in [0.2, 0.25) is 5.28 Å². The topological polar surface area (TPSA) is 38.7 Å². The van der Waals surface area contributed by atoms with E-state index in [1.807, 2.05) is 19.1 Å². The minimum atomic E-state index is 0.237. The number of nitrogens with zero attached hydrogens (tertiary/aromatic N) is 3. The fourth-order valence-corrected chi connectivity index (χ4v) is 3.05. The Hall–Kier alpha value is -2.78. The summed E-state index contributed by atoms with van der Waals surface area (Å²) in [5.41, 5.74) is 3.36. The number of aromatic nitrogens is 3. The van der Waals surface area contributed by atoms with Crippen LogP contribution >= 0.6 is 11.6 Å². The zero-order chi connectivity index (χ0) is 17.2. The first-order chi connectivity index (χ1) is 12.2. The van der Waals surface area contributed by atoms with Crippen molar-refractivity contribution in [2.75, 3.05) is 0 Å². The molecular formula is C21H16ClN3. The minimum absolute atomic E-state index is 0.237. The summed E-state index contributed by atoms with van der Waals surface area (Å²) in [4.78, 5) is 12.9. The molecule has 0 spiro atoms. The molecule has 4 rings (SSSR count). The van der Waals surface area contributed by atoms with Gasteiger partial charge in [-0.2, -0.15) is 4.98 Å². The summed E-state index contributed by atoms with van der Waals surface area (Å²) in [7, 11) is 0. The Kier molecular flexibility index (Phi) is 4.16. The summed E-state index contributed by atoms with van der Waals surface area (Å²) < 4.78 is 0. The predicted octanol–water partition coefficient (Wildman–Crippen LogP) is 5.57. The van der Waals surface area contributed by atoms with Crippen LogP contribution in [0.1, 0.15) is 12.7 Å². The van der Waals surface area contributed by atoms with Gasteiger partial charge in [0.1, 0.15) is 5.82 Å². The van der Waals surface area contributed by atoms with Crippen LogP contribution in [0, 0.1) is 0 Å². The molecular weight excluding hydrogens is 330 g/mol. The molecule has 25 heavy (non-hydrogen) atoms. The zero-order valence-corrected chi connectivity index (χ0v) is 14.5. The van der Waals surface area contributed by atoms with Crippen LogP contribution in [-0.4, -0.2) is 15.0 Å². The van der Waals surface area contributed by atoms with Gasteiger partial charge in [-0.15, -0.1) is 0 Å². The third-order valence-corrected chi connectivity index (χ3v) is 4.35. The van der Waals surface area contributed by atoms with Crippen LogP contribution in [0.25, 0.3) is 33.3 Å². The van der Waals surface area contributed by atoms with Crippen molar-refractivity contribution < 1.29 is 0 Å². The number of benzene rings is 3. The van der Waals surface area contributed by atoms with E-state index >= 15 is 0 Å². The molecule has 0 atom stereocenters. The summed E-state index contributed by atoms with van der Waals surface area (Å²) in [6.07, 6.45) is 0.725. The Bertz CT molecular complexity index is 1050. The van der Waals surface area contributed by atoms with E-state index in [1.165, 1.54) is 16.5 Å². The maximum atomic E-state index is 6.02. The molecule has 0 amide bonds. The molecule has 0 saturated heterocycles. The average molecular weight is 346 g/mol. The van der Waals surface area contributed by atoms with Gasteiger partial charge in [-0.1, -0.05) is 61.5 Å². The number of fused-ring (bicyclic) bond motifs is 1. The van der Waals surface area contributed by atoms with Gasteiger partial charge in [-0.25, -0.2) is 9.97 Å². The summed E-state index contributed by atoms with van der Waals surface area (Å²) in [5, 5.41) is 2.56. The van der Waals surface area contributed by atoms with Crippen molar-refractivity contribution in [3.8, 4) is 22.5 Å². The molecule has 0 N–H and O–H groups in total. The summed E-state index contributed by atoms with van der Waals surface area (Å²) >= 11 is 6.02. The van der Waals surface area contributed by atoms with Gasteiger partial charge >= 0.3 is 0 Å². The van der Waals surface area contributed by atoms with Crippen LogP contribution in [0.15, 0.2) is 66.7 Å². The van der Waals surface area contributed by atoms with Crippen LogP contribution < -0.4 is 0 Å². The zero-order valence-electron chi connectivity index (χ0n) is 13.8. The first-order valence-corrected chi connectivity index (χ1v) is 8.61. The van der Waals surface area contributed by atoms with Gasteiger partial charge < -0.3 is 0 Å². The van der Waals surface area contributed by atoms with Gasteiger partial charge in [0.25, 0.3) is 0 Å². The second-order valence-electron chi connectivity index (χ2n) is 5.84. The Morgan fingerprint density at radius 3 is 2.12 bits per heavy atom. The van der Waals surface area contributed by atoms with Gasteiger partial charge in [0.15, 0.2) is 5.82 Å². The third kappa shape index (κ3) is 3.24. The quantitative estimate of drug-likeness (QED) is 0.487. The Balaban J connectivity index is 1.78. The summed E-state index contributed by atoms with van der Waals surface area (Å²) in [6.45, 7) is 2.00. The van der Waals surface area contributed by atoms with Crippen LogP contribution in [0.4, 0.5) is 0 Å². The SMILES string of the molecule is CCc1nc(Cl)nc(-c2ccc3cc(-c4ccccc4)ccc3c2)n1. The van der Waals surface area contributed by atoms with E-state index in [0.717, 1.165) is 17.4 Å². The highest BCUT2D eigenvalue weighted by Gasteiger charge is 2.08. The molecule has 0 saturated carbocycles. The Labute approximate surface area is 151 Å². The molecule has 1 aromatic heterocycles. The molecule has 0 aliphatic carbocycles. The van der Waals surface area contributed by atoms with Crippen molar-refractivity contribution in [2.24, 2.45) is 0 Å². The van der Waals surface area contributed by atoms with E-state index in [1.54, 1.807) is 0 Å². The lowest BCUT2D eigenvalue weighted by Crippen LogP contribution is -1.99. The van der Waals surface area contributed by atoms with E-state index in [9.17, 15) is 0 Å². The van der Waals surface area contributed by atoms with Crippen LogP contribution in [0.5, 0.6) is 0 Å². The molecule has 1 heterocycles. The van der Waals surface area contributed by atoms with Crippen molar-refractivity contribution in [3.05, 3.63) is 77.8 Å². The van der Waals surface area contributed by atoms with Gasteiger partial charge in [0, 0.05) is 12.0 Å². The van der Waals surface area contributed by atoms with Crippen LogP contribution in [0.3, 0.4) is 0 Å². The third-order valence-electron chi connectivity index (χ3n) is 4.18. The monoisotopic (exact) mass is 345 g/mol. The predicted molar refractivity (Wildman–Crippen MR) is 103 cm³/mol. The van der Waals surface area contributed by atoms with Crippen molar-refractivity contribution in [1.29, 1.82) is 0 Å². The molecule has 0 unspecified atom stereocenters. The second-order valence-corrected chi connectivity index (χ2v) is 6.18. The molecule has 0 radical (unpaired) electrons. The Morgan fingerprint density at radius 2 is 1.40 bits per heavy atom. The molecule has 122 valence electrons. The molecule has 0 bridgehead atoms. The van der Waals surface area contributed by atoms with E-state index in [2.05, 4.69) is 69.5 Å². The number of rotatable bonds is 3. The van der Waals surface area contributed by atoms with E-state index < -0.39 is 0 Å². The normalized spacial score (nSPS) is 11.0. The molecule has 3 nitrogen and oxygen atoms in total. The number of hydrogen-bond donors (Lipinski definition) is 0. The number of halogens is 1. The van der Waals surface area contributed by atoms with E-state index in [4.69, 9.17) is 11.6 Å². The molecule has 4 aromatic rings. The van der Waals surface area contributed by atoms with E-state index in [0.29, 0.717) is 11.6 Å². The number of aryl methyl sites for hydroxylation is 1. The Morgan fingerprint density at radius 1 is 0.720 bits per heavy atom. The molecule has 0 aliphatic heterocycles. The molecule has 0 fully saturated rings. The fourth-order valence-electron chi connectivity index (χ4n) is 2.87. The largest absolute Gasteiger partial charge is 0.226 e. The molecule has 0 aliphatic rings. The minimum Gasteiger partial charge on any atom is -0.213 e. The van der Waals surface area contributed by atoms with E-state index in [-0.39, 0.29) is 5.28 Å². The fraction of sp³-hybridized carbons (Fsp3) is 0.0952.